The highest BCUT2D eigenvalue weighted by molar-refractivity contribution is 8.15. The van der Waals surface area contributed by atoms with E-state index in [9.17, 15) is 14.4 Å². The van der Waals surface area contributed by atoms with Crippen LogP contribution in [-0.2, 0) is 9.59 Å². The fraction of sp³-hybridized carbons (Fsp3) is 0.412. The molecule has 26 heavy (non-hydrogen) atoms. The monoisotopic (exact) mass is 394 g/mol. The Bertz CT molecular complexity index is 768. The van der Waals surface area contributed by atoms with Crippen LogP contribution in [-0.4, -0.2) is 53.2 Å². The second-order valence-corrected chi connectivity index (χ2v) is 7.38. The largest absolute Gasteiger partial charge is 0.352 e. The number of amides is 3. The minimum Gasteiger partial charge on any atom is -0.352 e. The van der Waals surface area contributed by atoms with Crippen LogP contribution in [0.3, 0.4) is 0 Å². The Labute approximate surface area is 160 Å². The Morgan fingerprint density at radius 3 is 2.88 bits per heavy atom. The first-order chi connectivity index (χ1) is 12.5. The van der Waals surface area contributed by atoms with Crippen LogP contribution in [0.1, 0.15) is 29.6 Å². The molecule has 1 saturated heterocycles. The summed E-state index contributed by atoms with van der Waals surface area (Å²) in [5.41, 5.74) is 0.993. The third-order valence-corrected chi connectivity index (χ3v) is 5.28. The predicted molar refractivity (Wildman–Crippen MR) is 103 cm³/mol. The molecule has 0 spiro atoms. The standard InChI is InChI=1S/C17H19ClN4O3S/c18-12-5-4-11(9-13(12)20-17-21-14(23)10-26-17)16(25)19-6-2-8-22-7-1-3-15(22)24/h4-5,9H,1-3,6-8,10H2,(H,19,25)(H,20,21,23). The van der Waals surface area contributed by atoms with Crippen molar-refractivity contribution in [1.29, 1.82) is 0 Å². The summed E-state index contributed by atoms with van der Waals surface area (Å²) in [6, 6.07) is 4.90. The fourth-order valence-electron chi connectivity index (χ4n) is 2.76. The van der Waals surface area contributed by atoms with Crippen molar-refractivity contribution >= 4 is 51.9 Å². The summed E-state index contributed by atoms with van der Waals surface area (Å²) in [5, 5.41) is 6.75. The van der Waals surface area contributed by atoms with Crippen LogP contribution >= 0.6 is 23.4 Å². The number of rotatable bonds is 6. The van der Waals surface area contributed by atoms with E-state index in [2.05, 4.69) is 15.6 Å². The first-order valence-corrected chi connectivity index (χ1v) is 9.76. The van der Waals surface area contributed by atoms with E-state index >= 15 is 0 Å². The van der Waals surface area contributed by atoms with Crippen LogP contribution in [0, 0.1) is 0 Å². The maximum absolute atomic E-state index is 12.3. The average Bonchev–Trinajstić information content (AvgIpc) is 3.21. The van der Waals surface area contributed by atoms with Crippen LogP contribution in [0.15, 0.2) is 23.2 Å². The average molecular weight is 395 g/mol. The molecule has 1 aromatic rings. The van der Waals surface area contributed by atoms with Gasteiger partial charge in [0.05, 0.1) is 16.5 Å². The highest BCUT2D eigenvalue weighted by Crippen LogP contribution is 2.25. The molecule has 2 aliphatic rings. The van der Waals surface area contributed by atoms with Crippen molar-refractivity contribution in [2.45, 2.75) is 19.3 Å². The quantitative estimate of drug-likeness (QED) is 0.721. The van der Waals surface area contributed by atoms with Gasteiger partial charge in [0.2, 0.25) is 5.91 Å². The topological polar surface area (TPSA) is 90.9 Å². The second-order valence-electron chi connectivity index (χ2n) is 6.01. The lowest BCUT2D eigenvalue weighted by atomic mass is 10.2. The molecule has 0 unspecified atom stereocenters. The van der Waals surface area contributed by atoms with E-state index in [4.69, 9.17) is 11.6 Å². The molecule has 3 amide bonds. The van der Waals surface area contributed by atoms with Crippen LogP contribution in [0.5, 0.6) is 0 Å². The summed E-state index contributed by atoms with van der Waals surface area (Å²) in [7, 11) is 0. The maximum atomic E-state index is 12.3. The van der Waals surface area contributed by atoms with Crippen molar-refractivity contribution in [3.05, 3.63) is 28.8 Å². The molecule has 0 radical (unpaired) electrons. The Kier molecular flexibility index (Phi) is 6.16. The minimum absolute atomic E-state index is 0.191. The summed E-state index contributed by atoms with van der Waals surface area (Å²) in [6.07, 6.45) is 2.26. The third-order valence-electron chi connectivity index (χ3n) is 4.09. The summed E-state index contributed by atoms with van der Waals surface area (Å²) >= 11 is 7.44. The van der Waals surface area contributed by atoms with Gasteiger partial charge in [0, 0.05) is 31.6 Å². The number of hydrogen-bond donors (Lipinski definition) is 2. The van der Waals surface area contributed by atoms with Crippen LogP contribution in [0.25, 0.3) is 0 Å². The van der Waals surface area contributed by atoms with Gasteiger partial charge in [-0.2, -0.15) is 4.99 Å². The van der Waals surface area contributed by atoms with E-state index in [1.807, 2.05) is 4.90 Å². The SMILES string of the molecule is O=C1CSC(Nc2cc(C(=O)NCCCN3CCCC3=O)ccc2Cl)=N1. The van der Waals surface area contributed by atoms with Crippen molar-refractivity contribution in [1.82, 2.24) is 10.2 Å². The number of likely N-dealkylation sites (tertiary alicyclic amines) is 1. The highest BCUT2D eigenvalue weighted by Gasteiger charge is 2.19. The normalized spacial score (nSPS) is 16.8. The molecule has 2 heterocycles. The summed E-state index contributed by atoms with van der Waals surface area (Å²) in [5.74, 6) is 0.0871. The van der Waals surface area contributed by atoms with E-state index in [0.29, 0.717) is 53.1 Å². The first-order valence-electron chi connectivity index (χ1n) is 8.40. The van der Waals surface area contributed by atoms with Gasteiger partial charge in [-0.1, -0.05) is 23.4 Å². The number of nitrogens with one attached hydrogen (secondary N) is 2. The van der Waals surface area contributed by atoms with Gasteiger partial charge in [-0.15, -0.1) is 0 Å². The number of nitrogens with zero attached hydrogens (tertiary/aromatic N) is 2. The molecule has 9 heteroatoms. The van der Waals surface area contributed by atoms with Crippen LogP contribution in [0.2, 0.25) is 5.02 Å². The highest BCUT2D eigenvalue weighted by atomic mass is 35.5. The molecule has 138 valence electrons. The van der Waals surface area contributed by atoms with Crippen molar-refractivity contribution in [3.8, 4) is 0 Å². The van der Waals surface area contributed by atoms with E-state index in [1.165, 1.54) is 11.8 Å². The predicted octanol–water partition coefficient (Wildman–Crippen LogP) is 2.12. The van der Waals surface area contributed by atoms with Crippen molar-refractivity contribution in [3.63, 3.8) is 0 Å². The fourth-order valence-corrected chi connectivity index (χ4v) is 3.60. The molecule has 0 saturated carbocycles. The zero-order valence-corrected chi connectivity index (χ0v) is 15.7. The number of halogens is 1. The smallest absolute Gasteiger partial charge is 0.258 e. The number of carbonyl (C=O) groups is 3. The number of thioether (sulfide) groups is 1. The van der Waals surface area contributed by atoms with Gasteiger partial charge in [-0.3, -0.25) is 14.4 Å². The number of amidine groups is 1. The Hall–Kier alpha value is -2.06. The van der Waals surface area contributed by atoms with Gasteiger partial charge >= 0.3 is 0 Å². The molecule has 2 aliphatic heterocycles. The van der Waals surface area contributed by atoms with Gasteiger partial charge < -0.3 is 15.5 Å². The minimum atomic E-state index is -0.213. The molecule has 0 bridgehead atoms. The Morgan fingerprint density at radius 1 is 1.35 bits per heavy atom. The molecule has 1 fully saturated rings. The van der Waals surface area contributed by atoms with E-state index in [0.717, 1.165) is 13.0 Å². The van der Waals surface area contributed by atoms with Crippen LogP contribution in [0.4, 0.5) is 5.69 Å². The Balaban J connectivity index is 1.52. The van der Waals surface area contributed by atoms with E-state index in [-0.39, 0.29) is 17.7 Å². The molecular formula is C17H19ClN4O3S. The lowest BCUT2D eigenvalue weighted by molar-refractivity contribution is -0.127. The summed E-state index contributed by atoms with van der Waals surface area (Å²) < 4.78 is 0. The van der Waals surface area contributed by atoms with Gasteiger partial charge in [0.25, 0.3) is 11.8 Å². The third kappa shape index (κ3) is 4.76. The number of aliphatic imine (C=N–C) groups is 1. The molecule has 7 nitrogen and oxygen atoms in total. The van der Waals surface area contributed by atoms with Crippen molar-refractivity contribution in [2.24, 2.45) is 4.99 Å². The number of hydrogen-bond acceptors (Lipinski definition) is 5. The maximum Gasteiger partial charge on any atom is 0.258 e. The zero-order chi connectivity index (χ0) is 18.5. The van der Waals surface area contributed by atoms with Crippen molar-refractivity contribution in [2.75, 3.05) is 30.7 Å². The summed E-state index contributed by atoms with van der Waals surface area (Å²) in [4.78, 5) is 40.7. The molecule has 0 atom stereocenters. The van der Waals surface area contributed by atoms with E-state index < -0.39 is 0 Å². The number of anilines is 1. The first kappa shape index (κ1) is 18.7. The molecule has 2 N–H and O–H groups in total. The van der Waals surface area contributed by atoms with E-state index in [1.54, 1.807) is 18.2 Å². The van der Waals surface area contributed by atoms with Gasteiger partial charge in [-0.05, 0) is 31.0 Å². The van der Waals surface area contributed by atoms with Gasteiger partial charge in [0.1, 0.15) is 0 Å². The molecule has 1 aromatic carbocycles. The molecule has 3 rings (SSSR count). The number of carbonyl (C=O) groups excluding carboxylic acids is 3. The second kappa shape index (κ2) is 8.55. The molecule has 0 aromatic heterocycles. The lowest BCUT2D eigenvalue weighted by Crippen LogP contribution is -2.30. The van der Waals surface area contributed by atoms with Gasteiger partial charge in [0.15, 0.2) is 5.17 Å². The molecular weight excluding hydrogens is 376 g/mol. The van der Waals surface area contributed by atoms with Crippen LogP contribution < -0.4 is 10.6 Å². The van der Waals surface area contributed by atoms with Gasteiger partial charge in [-0.25, -0.2) is 0 Å². The number of benzene rings is 1. The summed E-state index contributed by atoms with van der Waals surface area (Å²) in [6.45, 7) is 1.96. The lowest BCUT2D eigenvalue weighted by Gasteiger charge is -2.15. The van der Waals surface area contributed by atoms with Crippen molar-refractivity contribution < 1.29 is 14.4 Å². The molecule has 0 aliphatic carbocycles. The zero-order valence-electron chi connectivity index (χ0n) is 14.1. The Morgan fingerprint density at radius 2 is 2.19 bits per heavy atom.